The van der Waals surface area contributed by atoms with Gasteiger partial charge in [0, 0.05) is 22.4 Å². The van der Waals surface area contributed by atoms with Crippen molar-refractivity contribution in [3.05, 3.63) is 222 Å². The first-order valence-corrected chi connectivity index (χ1v) is 21.6. The zero-order valence-electron chi connectivity index (χ0n) is 34.3. The highest BCUT2D eigenvalue weighted by atomic mass is 15.1. The van der Waals surface area contributed by atoms with Crippen LogP contribution in [-0.2, 0) is 18.3 Å². The Bertz CT molecular complexity index is 3030. The lowest BCUT2D eigenvalue weighted by Gasteiger charge is -2.30. The Balaban J connectivity index is 1.11. The maximum atomic E-state index is 2.51. The molecule has 1 nitrogen and oxygen atoms in total. The minimum absolute atomic E-state index is 0.188. The molecule has 288 valence electrons. The van der Waals surface area contributed by atoms with E-state index in [2.05, 4.69) is 219 Å². The van der Waals surface area contributed by atoms with Gasteiger partial charge in [-0.25, -0.2) is 0 Å². The van der Waals surface area contributed by atoms with Crippen LogP contribution in [0.15, 0.2) is 200 Å². The van der Waals surface area contributed by atoms with Crippen LogP contribution in [0.2, 0.25) is 0 Å². The fraction of sp³-hybridized carbons (Fsp3) is 0.119. The first kappa shape index (κ1) is 36.1. The molecule has 0 aromatic heterocycles. The molecule has 0 spiro atoms. The zero-order valence-corrected chi connectivity index (χ0v) is 34.3. The lowest BCUT2D eigenvalue weighted by Crippen LogP contribution is -2.17. The lowest BCUT2D eigenvalue weighted by atomic mass is 9.81. The fourth-order valence-corrected chi connectivity index (χ4v) is 10.3. The summed E-state index contributed by atoms with van der Waals surface area (Å²) in [4.78, 5) is 2.51. The van der Waals surface area contributed by atoms with Crippen molar-refractivity contribution in [2.45, 2.75) is 44.9 Å². The van der Waals surface area contributed by atoms with Gasteiger partial charge in [-0.2, -0.15) is 0 Å². The molecule has 0 N–H and O–H groups in total. The van der Waals surface area contributed by atoms with E-state index in [1.54, 1.807) is 0 Å². The minimum Gasteiger partial charge on any atom is -0.310 e. The zero-order chi connectivity index (χ0) is 40.2. The van der Waals surface area contributed by atoms with Gasteiger partial charge in [0.05, 0.1) is 5.69 Å². The summed E-state index contributed by atoms with van der Waals surface area (Å²) >= 11 is 0. The molecule has 2 aliphatic rings. The molecule has 0 amide bonds. The summed E-state index contributed by atoms with van der Waals surface area (Å²) in [5.41, 5.74) is 21.8. The van der Waals surface area contributed by atoms with E-state index in [4.69, 9.17) is 0 Å². The molecule has 9 aromatic rings. The maximum absolute atomic E-state index is 2.51. The van der Waals surface area contributed by atoms with Crippen LogP contribution in [0.3, 0.4) is 0 Å². The number of aryl methyl sites for hydroxylation is 1. The molecule has 0 saturated carbocycles. The van der Waals surface area contributed by atoms with Gasteiger partial charge in [0.15, 0.2) is 0 Å². The summed E-state index contributed by atoms with van der Waals surface area (Å²) in [6, 6.07) is 74.5. The van der Waals surface area contributed by atoms with Crippen molar-refractivity contribution in [2.75, 3.05) is 4.90 Å². The Labute approximate surface area is 354 Å². The molecule has 9 aromatic carbocycles. The highest BCUT2D eigenvalue weighted by Gasteiger charge is 2.37. The van der Waals surface area contributed by atoms with Crippen molar-refractivity contribution < 1.29 is 0 Å². The third-order valence-electron chi connectivity index (χ3n) is 13.3. The van der Waals surface area contributed by atoms with E-state index in [1.807, 2.05) is 0 Å². The van der Waals surface area contributed by atoms with Gasteiger partial charge in [-0.15, -0.1) is 0 Å². The predicted octanol–water partition coefficient (Wildman–Crippen LogP) is 16.2. The quantitative estimate of drug-likeness (QED) is 0.156. The molecule has 0 fully saturated rings. The second-order valence-corrected chi connectivity index (χ2v) is 17.1. The first-order valence-electron chi connectivity index (χ1n) is 21.6. The summed E-state index contributed by atoms with van der Waals surface area (Å²) in [7, 11) is 0. The monoisotopic (exact) mass is 769 g/mol. The Hall–Kier alpha value is -6.96. The van der Waals surface area contributed by atoms with Crippen molar-refractivity contribution in [1.29, 1.82) is 0 Å². The Kier molecular flexibility index (Phi) is 8.85. The summed E-state index contributed by atoms with van der Waals surface area (Å²) in [6.07, 6.45) is 4.88. The second-order valence-electron chi connectivity index (χ2n) is 17.1. The van der Waals surface area contributed by atoms with Crippen LogP contribution < -0.4 is 4.90 Å². The fourth-order valence-electron chi connectivity index (χ4n) is 10.3. The average Bonchev–Trinajstić information content (AvgIpc) is 3.55. The molecule has 0 unspecified atom stereocenters. The number of anilines is 3. The van der Waals surface area contributed by atoms with Crippen molar-refractivity contribution in [1.82, 2.24) is 0 Å². The van der Waals surface area contributed by atoms with Crippen LogP contribution >= 0.6 is 0 Å². The Morgan fingerprint density at radius 2 is 1.02 bits per heavy atom. The van der Waals surface area contributed by atoms with Gasteiger partial charge in [-0.05, 0) is 139 Å². The summed E-state index contributed by atoms with van der Waals surface area (Å²) in [6.45, 7) is 4.79. The molecular weight excluding hydrogens is 723 g/mol. The van der Waals surface area contributed by atoms with Crippen LogP contribution in [-0.4, -0.2) is 0 Å². The molecule has 0 heterocycles. The van der Waals surface area contributed by atoms with Gasteiger partial charge in [0.2, 0.25) is 0 Å². The average molecular weight is 770 g/mol. The van der Waals surface area contributed by atoms with Crippen LogP contribution in [0.1, 0.15) is 48.9 Å². The van der Waals surface area contributed by atoms with Gasteiger partial charge in [0.25, 0.3) is 0 Å². The Morgan fingerprint density at radius 3 is 1.82 bits per heavy atom. The molecule has 11 rings (SSSR count). The van der Waals surface area contributed by atoms with Crippen molar-refractivity contribution in [2.24, 2.45) is 0 Å². The van der Waals surface area contributed by atoms with E-state index >= 15 is 0 Å². The van der Waals surface area contributed by atoms with Crippen LogP contribution in [0.5, 0.6) is 0 Å². The van der Waals surface area contributed by atoms with E-state index in [0.29, 0.717) is 0 Å². The maximum Gasteiger partial charge on any atom is 0.0546 e. The number of nitrogens with zero attached hydrogens (tertiary/aromatic N) is 1. The number of fused-ring (bicyclic) bond motifs is 5. The molecule has 0 atom stereocenters. The van der Waals surface area contributed by atoms with Gasteiger partial charge in [-0.3, -0.25) is 0 Å². The van der Waals surface area contributed by atoms with E-state index in [-0.39, 0.29) is 5.41 Å². The largest absolute Gasteiger partial charge is 0.310 e. The normalized spacial score (nSPS) is 13.7. The molecule has 60 heavy (non-hydrogen) atoms. The first-order chi connectivity index (χ1) is 29.5. The Morgan fingerprint density at radius 1 is 0.400 bits per heavy atom. The summed E-state index contributed by atoms with van der Waals surface area (Å²) < 4.78 is 0. The van der Waals surface area contributed by atoms with E-state index < -0.39 is 0 Å². The van der Waals surface area contributed by atoms with Gasteiger partial charge < -0.3 is 4.90 Å². The third-order valence-corrected chi connectivity index (χ3v) is 13.3. The van der Waals surface area contributed by atoms with E-state index in [9.17, 15) is 0 Å². The topological polar surface area (TPSA) is 3.24 Å². The molecule has 1 heteroatoms. The number of hydrogen-bond acceptors (Lipinski definition) is 1. The minimum atomic E-state index is -0.188. The molecule has 0 aliphatic heterocycles. The van der Waals surface area contributed by atoms with E-state index in [0.717, 1.165) is 23.5 Å². The molecule has 0 bridgehead atoms. The third kappa shape index (κ3) is 6.08. The molecule has 2 aliphatic carbocycles. The molecule has 0 radical (unpaired) electrons. The van der Waals surface area contributed by atoms with Crippen LogP contribution in [0.4, 0.5) is 17.1 Å². The number of rotatable bonds is 7. The number of benzene rings is 9. The highest BCUT2D eigenvalue weighted by molar-refractivity contribution is 6.06. The molecule has 0 saturated heterocycles. The standard InChI is InChI=1S/C59H47N/c1-59(2)54-26-14-25-52(43-17-7-4-8-18-43)58(54)53-37-36-48(39-55(53)59)60(47-34-31-45(32-35-47)50-24-13-21-42-19-9-11-22-49(42)50)56-38-33-44-20-10-12-23-51(44)57(56)46-29-27-41(28-30-46)40-15-5-3-6-16-40/h3-8,10,12-18,20-21,23-39H,9,11,19,22H2,1-2H3. The van der Waals surface area contributed by atoms with Crippen LogP contribution in [0.25, 0.3) is 66.4 Å². The summed E-state index contributed by atoms with van der Waals surface area (Å²) in [5, 5.41) is 2.47. The van der Waals surface area contributed by atoms with Gasteiger partial charge in [0.1, 0.15) is 0 Å². The second kappa shape index (κ2) is 14.7. The van der Waals surface area contributed by atoms with Crippen molar-refractivity contribution in [3.63, 3.8) is 0 Å². The number of hydrogen-bond donors (Lipinski definition) is 0. The van der Waals surface area contributed by atoms with Gasteiger partial charge >= 0.3 is 0 Å². The SMILES string of the molecule is CC1(C)c2cc(N(c3ccc(-c4cccc5c4CCCC5)cc3)c3ccc4ccccc4c3-c3ccc(-c4ccccc4)cc3)ccc2-c2c(-c3ccccc3)cccc21. The predicted molar refractivity (Wildman–Crippen MR) is 255 cm³/mol. The molecular formula is C59H47N. The highest BCUT2D eigenvalue weighted by Crippen LogP contribution is 2.54. The summed E-state index contributed by atoms with van der Waals surface area (Å²) in [5.74, 6) is 0. The van der Waals surface area contributed by atoms with E-state index in [1.165, 1.54) is 108 Å². The van der Waals surface area contributed by atoms with Gasteiger partial charge in [-0.1, -0.05) is 184 Å². The lowest BCUT2D eigenvalue weighted by molar-refractivity contribution is 0.660. The van der Waals surface area contributed by atoms with Crippen LogP contribution in [0, 0.1) is 0 Å². The smallest absolute Gasteiger partial charge is 0.0546 e. The van der Waals surface area contributed by atoms with Crippen molar-refractivity contribution >= 4 is 27.8 Å². The van der Waals surface area contributed by atoms with Crippen molar-refractivity contribution in [3.8, 4) is 55.6 Å².